The number of nitrogens with one attached hydrogen (secondary N) is 2. The Labute approximate surface area is 126 Å². The number of halogens is 4. The van der Waals surface area contributed by atoms with Crippen LogP contribution in [0.15, 0.2) is 23.1 Å². The maximum atomic E-state index is 12.0. The fourth-order valence-electron chi connectivity index (χ4n) is 1.61. The van der Waals surface area contributed by atoms with Gasteiger partial charge in [-0.1, -0.05) is 17.7 Å². The molecule has 1 aromatic carbocycles. The SMILES string of the molecule is CNCc1ccc(S(=O)(=O)NCCCC(F)(F)F)cc1Cl. The van der Waals surface area contributed by atoms with Crippen molar-refractivity contribution in [2.75, 3.05) is 13.6 Å². The first-order valence-electron chi connectivity index (χ1n) is 6.15. The zero-order chi connectivity index (χ0) is 16.1. The Balaban J connectivity index is 2.68. The predicted molar refractivity (Wildman–Crippen MR) is 74.7 cm³/mol. The molecule has 1 rings (SSSR count). The molecule has 0 bridgehead atoms. The highest BCUT2D eigenvalue weighted by molar-refractivity contribution is 7.89. The summed E-state index contributed by atoms with van der Waals surface area (Å²) >= 11 is 5.95. The van der Waals surface area contributed by atoms with Gasteiger partial charge >= 0.3 is 6.18 Å². The Morgan fingerprint density at radius 1 is 1.29 bits per heavy atom. The first kappa shape index (κ1) is 18.2. The maximum absolute atomic E-state index is 12.0. The third-order valence-electron chi connectivity index (χ3n) is 2.63. The molecule has 0 aliphatic rings. The van der Waals surface area contributed by atoms with Crippen LogP contribution >= 0.6 is 11.6 Å². The van der Waals surface area contributed by atoms with Gasteiger partial charge in [0.1, 0.15) is 0 Å². The third-order valence-corrected chi connectivity index (χ3v) is 4.44. The highest BCUT2D eigenvalue weighted by Crippen LogP contribution is 2.22. The molecule has 1 aromatic rings. The lowest BCUT2D eigenvalue weighted by atomic mass is 10.2. The maximum Gasteiger partial charge on any atom is 0.389 e. The summed E-state index contributed by atoms with van der Waals surface area (Å²) in [7, 11) is -2.13. The monoisotopic (exact) mass is 344 g/mol. The standard InChI is InChI=1S/C12H16ClF3N2O2S/c1-17-8-9-3-4-10(7-11(9)13)21(19,20)18-6-2-5-12(14,15)16/h3-4,7,17-18H,2,5-6,8H2,1H3. The van der Waals surface area contributed by atoms with E-state index >= 15 is 0 Å². The Bertz CT molecular complexity index is 576. The van der Waals surface area contributed by atoms with Crippen LogP contribution in [-0.4, -0.2) is 28.2 Å². The van der Waals surface area contributed by atoms with E-state index in [2.05, 4.69) is 10.0 Å². The molecule has 4 nitrogen and oxygen atoms in total. The molecule has 0 aliphatic heterocycles. The zero-order valence-corrected chi connectivity index (χ0v) is 12.9. The first-order valence-corrected chi connectivity index (χ1v) is 8.01. The van der Waals surface area contributed by atoms with E-state index in [0.717, 1.165) is 5.56 Å². The van der Waals surface area contributed by atoms with Crippen molar-refractivity contribution in [3.63, 3.8) is 0 Å². The van der Waals surface area contributed by atoms with E-state index in [4.69, 9.17) is 11.6 Å². The zero-order valence-electron chi connectivity index (χ0n) is 11.3. The minimum atomic E-state index is -4.29. The van der Waals surface area contributed by atoms with Crippen LogP contribution < -0.4 is 10.0 Å². The average molecular weight is 345 g/mol. The van der Waals surface area contributed by atoms with E-state index in [-0.39, 0.29) is 22.9 Å². The lowest BCUT2D eigenvalue weighted by molar-refractivity contribution is -0.135. The van der Waals surface area contributed by atoms with E-state index < -0.39 is 22.6 Å². The smallest absolute Gasteiger partial charge is 0.316 e. The Morgan fingerprint density at radius 3 is 2.48 bits per heavy atom. The highest BCUT2D eigenvalue weighted by Gasteiger charge is 2.26. The predicted octanol–water partition coefficient (Wildman–Crippen LogP) is 2.68. The van der Waals surface area contributed by atoms with E-state index in [9.17, 15) is 21.6 Å². The van der Waals surface area contributed by atoms with Gasteiger partial charge in [-0.15, -0.1) is 0 Å². The van der Waals surface area contributed by atoms with Crippen molar-refractivity contribution in [2.24, 2.45) is 0 Å². The van der Waals surface area contributed by atoms with Crippen molar-refractivity contribution in [1.29, 1.82) is 0 Å². The lowest BCUT2D eigenvalue weighted by Gasteiger charge is -2.10. The van der Waals surface area contributed by atoms with Crippen LogP contribution in [0.4, 0.5) is 13.2 Å². The van der Waals surface area contributed by atoms with E-state index in [1.165, 1.54) is 12.1 Å². The van der Waals surface area contributed by atoms with E-state index in [1.807, 2.05) is 0 Å². The van der Waals surface area contributed by atoms with Crippen molar-refractivity contribution in [2.45, 2.75) is 30.5 Å². The minimum Gasteiger partial charge on any atom is -0.316 e. The van der Waals surface area contributed by atoms with Gasteiger partial charge in [-0.25, -0.2) is 13.1 Å². The molecule has 0 aliphatic carbocycles. The first-order chi connectivity index (χ1) is 9.65. The summed E-state index contributed by atoms with van der Waals surface area (Å²) in [4.78, 5) is -0.0700. The summed E-state index contributed by atoms with van der Waals surface area (Å²) in [6.45, 7) is 0.204. The molecule has 9 heteroatoms. The Morgan fingerprint density at radius 2 is 1.95 bits per heavy atom. The summed E-state index contributed by atoms with van der Waals surface area (Å²) in [5.74, 6) is 0. The number of sulfonamides is 1. The number of benzene rings is 1. The summed E-state index contributed by atoms with van der Waals surface area (Å²) in [5.41, 5.74) is 0.732. The molecule has 0 saturated carbocycles. The molecule has 0 fully saturated rings. The third kappa shape index (κ3) is 6.21. The van der Waals surface area contributed by atoms with Crippen LogP contribution in [0.1, 0.15) is 18.4 Å². The molecular formula is C12H16ClF3N2O2S. The van der Waals surface area contributed by atoms with Crippen LogP contribution in [0.5, 0.6) is 0 Å². The average Bonchev–Trinajstić information content (AvgIpc) is 2.36. The van der Waals surface area contributed by atoms with Gasteiger partial charge in [-0.3, -0.25) is 0 Å². The van der Waals surface area contributed by atoms with Gasteiger partial charge in [0.2, 0.25) is 10.0 Å². The van der Waals surface area contributed by atoms with Crippen molar-refractivity contribution in [3.05, 3.63) is 28.8 Å². The van der Waals surface area contributed by atoms with Crippen molar-refractivity contribution in [1.82, 2.24) is 10.0 Å². The molecule has 0 radical (unpaired) electrons. The second-order valence-electron chi connectivity index (χ2n) is 4.40. The van der Waals surface area contributed by atoms with Gasteiger partial charge in [0.05, 0.1) is 4.90 Å². The van der Waals surface area contributed by atoms with Gasteiger partial charge in [-0.05, 0) is 31.2 Å². The number of hydrogen-bond acceptors (Lipinski definition) is 3. The molecule has 0 unspecified atom stereocenters. The Kier molecular flexibility index (Phi) is 6.45. The van der Waals surface area contributed by atoms with Gasteiger partial charge in [-0.2, -0.15) is 13.2 Å². The topological polar surface area (TPSA) is 58.2 Å². The normalized spacial score (nSPS) is 12.6. The van der Waals surface area contributed by atoms with Crippen LogP contribution in [-0.2, 0) is 16.6 Å². The molecule has 21 heavy (non-hydrogen) atoms. The lowest BCUT2D eigenvalue weighted by Crippen LogP contribution is -2.26. The number of hydrogen-bond donors (Lipinski definition) is 2. The second-order valence-corrected chi connectivity index (χ2v) is 6.57. The fraction of sp³-hybridized carbons (Fsp3) is 0.500. The Hall–Kier alpha value is -0.830. The fourth-order valence-corrected chi connectivity index (χ4v) is 3.02. The van der Waals surface area contributed by atoms with Crippen molar-refractivity contribution < 1.29 is 21.6 Å². The number of rotatable bonds is 7. The van der Waals surface area contributed by atoms with Crippen LogP contribution in [0.25, 0.3) is 0 Å². The van der Waals surface area contributed by atoms with Gasteiger partial charge < -0.3 is 5.32 Å². The van der Waals surface area contributed by atoms with Crippen molar-refractivity contribution >= 4 is 21.6 Å². The molecule has 0 aromatic heterocycles. The van der Waals surface area contributed by atoms with Crippen molar-refractivity contribution in [3.8, 4) is 0 Å². The summed E-state index contributed by atoms with van der Waals surface area (Å²) in [5, 5.41) is 3.16. The van der Waals surface area contributed by atoms with Gasteiger partial charge in [0, 0.05) is 24.5 Å². The molecule has 0 spiro atoms. The van der Waals surface area contributed by atoms with Gasteiger partial charge in [0.25, 0.3) is 0 Å². The molecule has 0 heterocycles. The van der Waals surface area contributed by atoms with Crippen LogP contribution in [0, 0.1) is 0 Å². The van der Waals surface area contributed by atoms with E-state index in [1.54, 1.807) is 13.1 Å². The van der Waals surface area contributed by atoms with Crippen LogP contribution in [0.3, 0.4) is 0 Å². The molecule has 0 saturated heterocycles. The largest absolute Gasteiger partial charge is 0.389 e. The molecule has 0 amide bonds. The minimum absolute atomic E-state index is 0.0700. The molecular weight excluding hydrogens is 329 g/mol. The summed E-state index contributed by atoms with van der Waals surface area (Å²) < 4.78 is 61.9. The second kappa shape index (κ2) is 7.44. The quantitative estimate of drug-likeness (QED) is 0.748. The summed E-state index contributed by atoms with van der Waals surface area (Å²) in [6, 6.07) is 4.20. The highest BCUT2D eigenvalue weighted by atomic mass is 35.5. The van der Waals surface area contributed by atoms with Gasteiger partial charge in [0.15, 0.2) is 0 Å². The van der Waals surface area contributed by atoms with E-state index in [0.29, 0.717) is 6.54 Å². The summed E-state index contributed by atoms with van der Waals surface area (Å²) in [6.07, 6.45) is -5.63. The molecule has 120 valence electrons. The number of alkyl halides is 3. The molecule has 0 atom stereocenters. The molecule has 2 N–H and O–H groups in total. The van der Waals surface area contributed by atoms with Crippen LogP contribution in [0.2, 0.25) is 5.02 Å².